The molecule has 5 heteroatoms. The van der Waals surface area contributed by atoms with Crippen molar-refractivity contribution in [1.29, 1.82) is 0 Å². The molecule has 0 atom stereocenters. The van der Waals surface area contributed by atoms with E-state index in [0.29, 0.717) is 11.4 Å². The van der Waals surface area contributed by atoms with Gasteiger partial charge in [-0.25, -0.2) is 9.97 Å². The number of nitrogens with zero attached hydrogens (tertiary/aromatic N) is 3. The maximum atomic E-state index is 12.2. The summed E-state index contributed by atoms with van der Waals surface area (Å²) in [6.45, 7) is 6.91. The molecule has 1 amide bonds. The molecule has 16 heavy (non-hydrogen) atoms. The molecule has 0 aliphatic carbocycles. The van der Waals surface area contributed by atoms with Crippen LogP contribution in [0.4, 0.5) is 0 Å². The van der Waals surface area contributed by atoms with E-state index < -0.39 is 0 Å². The van der Waals surface area contributed by atoms with Crippen LogP contribution in [0.5, 0.6) is 0 Å². The fourth-order valence-electron chi connectivity index (χ4n) is 1.83. The van der Waals surface area contributed by atoms with Crippen LogP contribution >= 0.6 is 0 Å². The van der Waals surface area contributed by atoms with Crippen molar-refractivity contribution in [2.45, 2.75) is 13.8 Å². The Hall–Kier alpha value is -1.49. The molecule has 0 unspecified atom stereocenters. The third kappa shape index (κ3) is 2.19. The largest absolute Gasteiger partial charge is 0.336 e. The zero-order chi connectivity index (χ0) is 11.5. The van der Waals surface area contributed by atoms with Crippen molar-refractivity contribution in [2.24, 2.45) is 0 Å². The first-order chi connectivity index (χ1) is 7.68. The maximum absolute atomic E-state index is 12.2. The van der Waals surface area contributed by atoms with E-state index in [1.807, 2.05) is 18.7 Å². The minimum atomic E-state index is 0.0407. The predicted octanol–water partition coefficient (Wildman–Crippen LogP) is 0.139. The van der Waals surface area contributed by atoms with Gasteiger partial charge in [-0.2, -0.15) is 0 Å². The molecule has 0 bridgehead atoms. The summed E-state index contributed by atoms with van der Waals surface area (Å²) in [4.78, 5) is 22.3. The van der Waals surface area contributed by atoms with Gasteiger partial charge in [-0.3, -0.25) is 4.79 Å². The van der Waals surface area contributed by atoms with Crippen molar-refractivity contribution in [3.63, 3.8) is 0 Å². The number of hydrogen-bond donors (Lipinski definition) is 1. The van der Waals surface area contributed by atoms with Gasteiger partial charge in [0, 0.05) is 32.4 Å². The van der Waals surface area contributed by atoms with Gasteiger partial charge < -0.3 is 10.2 Å². The molecule has 1 aliphatic heterocycles. The summed E-state index contributed by atoms with van der Waals surface area (Å²) in [5, 5.41) is 3.22. The number of piperazine rings is 1. The Kier molecular flexibility index (Phi) is 3.14. The fourth-order valence-corrected chi connectivity index (χ4v) is 1.83. The average Bonchev–Trinajstić information content (AvgIpc) is 2.29. The van der Waals surface area contributed by atoms with E-state index in [1.54, 1.807) is 6.20 Å². The van der Waals surface area contributed by atoms with E-state index >= 15 is 0 Å². The zero-order valence-electron chi connectivity index (χ0n) is 9.66. The number of hydrogen-bond acceptors (Lipinski definition) is 4. The molecule has 0 radical (unpaired) electrons. The van der Waals surface area contributed by atoms with Crippen molar-refractivity contribution < 1.29 is 4.79 Å². The molecule has 1 aromatic heterocycles. The number of nitrogens with one attached hydrogen (secondary N) is 1. The minimum absolute atomic E-state index is 0.0407. The van der Waals surface area contributed by atoms with E-state index in [9.17, 15) is 4.79 Å². The lowest BCUT2D eigenvalue weighted by Crippen LogP contribution is -2.46. The zero-order valence-corrected chi connectivity index (χ0v) is 9.66. The van der Waals surface area contributed by atoms with Crippen molar-refractivity contribution in [2.75, 3.05) is 26.2 Å². The Morgan fingerprint density at radius 1 is 1.38 bits per heavy atom. The fraction of sp³-hybridized carbons (Fsp3) is 0.545. The Morgan fingerprint density at radius 3 is 2.69 bits per heavy atom. The standard InChI is InChI=1S/C11H16N4O/c1-8-10(7-13-9(2)14-8)11(16)15-5-3-12-4-6-15/h7,12H,3-6H2,1-2H3. The minimum Gasteiger partial charge on any atom is -0.336 e. The van der Waals surface area contributed by atoms with Crippen molar-refractivity contribution >= 4 is 5.91 Å². The average molecular weight is 220 g/mol. The molecule has 1 aromatic rings. The van der Waals surface area contributed by atoms with Crippen molar-refractivity contribution in [3.8, 4) is 0 Å². The third-order valence-corrected chi connectivity index (χ3v) is 2.73. The Balaban J connectivity index is 2.19. The monoisotopic (exact) mass is 220 g/mol. The molecule has 2 heterocycles. The molecule has 5 nitrogen and oxygen atoms in total. The van der Waals surface area contributed by atoms with Gasteiger partial charge in [0.2, 0.25) is 0 Å². The van der Waals surface area contributed by atoms with Gasteiger partial charge >= 0.3 is 0 Å². The Bertz CT molecular complexity index is 399. The van der Waals surface area contributed by atoms with Crippen LogP contribution in [0.2, 0.25) is 0 Å². The number of aryl methyl sites for hydroxylation is 2. The molecule has 1 fully saturated rings. The number of amides is 1. The van der Waals surface area contributed by atoms with Crippen LogP contribution in [0.15, 0.2) is 6.20 Å². The van der Waals surface area contributed by atoms with Crippen LogP contribution in [0.1, 0.15) is 21.9 Å². The van der Waals surface area contributed by atoms with Crippen LogP contribution in [-0.4, -0.2) is 47.0 Å². The van der Waals surface area contributed by atoms with Gasteiger partial charge in [0.15, 0.2) is 0 Å². The van der Waals surface area contributed by atoms with Crippen molar-refractivity contribution in [1.82, 2.24) is 20.2 Å². The van der Waals surface area contributed by atoms with E-state index in [-0.39, 0.29) is 5.91 Å². The first kappa shape index (κ1) is 11.0. The van der Waals surface area contributed by atoms with Crippen LogP contribution in [0.25, 0.3) is 0 Å². The summed E-state index contributed by atoms with van der Waals surface area (Å²) in [6.07, 6.45) is 1.63. The second kappa shape index (κ2) is 4.57. The van der Waals surface area contributed by atoms with Crippen LogP contribution in [0, 0.1) is 13.8 Å². The van der Waals surface area contributed by atoms with Crippen molar-refractivity contribution in [3.05, 3.63) is 23.3 Å². The predicted molar refractivity (Wildman–Crippen MR) is 60.3 cm³/mol. The highest BCUT2D eigenvalue weighted by Crippen LogP contribution is 2.08. The van der Waals surface area contributed by atoms with E-state index in [2.05, 4.69) is 15.3 Å². The molecule has 2 rings (SSSR count). The summed E-state index contributed by atoms with van der Waals surface area (Å²) < 4.78 is 0. The number of rotatable bonds is 1. The van der Waals surface area contributed by atoms with E-state index in [0.717, 1.165) is 31.9 Å². The molecular formula is C11H16N4O. The van der Waals surface area contributed by atoms with Gasteiger partial charge in [-0.15, -0.1) is 0 Å². The van der Waals surface area contributed by atoms with Gasteiger partial charge in [0.05, 0.1) is 11.3 Å². The van der Waals surface area contributed by atoms with Crippen LogP contribution < -0.4 is 5.32 Å². The highest BCUT2D eigenvalue weighted by Gasteiger charge is 2.20. The lowest BCUT2D eigenvalue weighted by Gasteiger charge is -2.27. The molecule has 1 saturated heterocycles. The molecule has 0 spiro atoms. The maximum Gasteiger partial charge on any atom is 0.257 e. The van der Waals surface area contributed by atoms with E-state index in [1.165, 1.54) is 0 Å². The van der Waals surface area contributed by atoms with Gasteiger partial charge in [0.1, 0.15) is 5.82 Å². The normalized spacial score (nSPS) is 16.2. The first-order valence-electron chi connectivity index (χ1n) is 5.48. The van der Waals surface area contributed by atoms with Crippen LogP contribution in [-0.2, 0) is 0 Å². The smallest absolute Gasteiger partial charge is 0.257 e. The second-order valence-electron chi connectivity index (χ2n) is 3.96. The lowest BCUT2D eigenvalue weighted by molar-refractivity contribution is 0.0734. The third-order valence-electron chi connectivity index (χ3n) is 2.73. The highest BCUT2D eigenvalue weighted by molar-refractivity contribution is 5.95. The molecular weight excluding hydrogens is 204 g/mol. The first-order valence-corrected chi connectivity index (χ1v) is 5.48. The molecule has 0 saturated carbocycles. The SMILES string of the molecule is Cc1ncc(C(=O)N2CCNCC2)c(C)n1. The van der Waals surface area contributed by atoms with Crippen LogP contribution in [0.3, 0.4) is 0 Å². The van der Waals surface area contributed by atoms with Gasteiger partial charge in [0.25, 0.3) is 5.91 Å². The molecule has 86 valence electrons. The summed E-state index contributed by atoms with van der Waals surface area (Å²) in [5.74, 6) is 0.744. The van der Waals surface area contributed by atoms with Gasteiger partial charge in [-0.1, -0.05) is 0 Å². The number of carbonyl (C=O) groups is 1. The Morgan fingerprint density at radius 2 is 2.06 bits per heavy atom. The molecule has 1 aliphatic rings. The topological polar surface area (TPSA) is 58.1 Å². The van der Waals surface area contributed by atoms with Gasteiger partial charge in [-0.05, 0) is 13.8 Å². The molecule has 1 N–H and O–H groups in total. The summed E-state index contributed by atoms with van der Waals surface area (Å²) in [7, 11) is 0. The highest BCUT2D eigenvalue weighted by atomic mass is 16.2. The quantitative estimate of drug-likeness (QED) is 0.731. The lowest BCUT2D eigenvalue weighted by atomic mass is 10.2. The second-order valence-corrected chi connectivity index (χ2v) is 3.96. The summed E-state index contributed by atoms with van der Waals surface area (Å²) in [6, 6.07) is 0. The molecule has 0 aromatic carbocycles. The number of carbonyl (C=O) groups excluding carboxylic acids is 1. The van der Waals surface area contributed by atoms with E-state index in [4.69, 9.17) is 0 Å². The summed E-state index contributed by atoms with van der Waals surface area (Å²) in [5.41, 5.74) is 1.38. The number of aromatic nitrogens is 2. The Labute approximate surface area is 94.9 Å². The summed E-state index contributed by atoms with van der Waals surface area (Å²) >= 11 is 0.